The molecule has 0 aliphatic heterocycles. The smallest absolute Gasteiger partial charge is 0.269 e. The van der Waals surface area contributed by atoms with E-state index in [0.717, 1.165) is 16.7 Å². The number of nitro groups is 1. The van der Waals surface area contributed by atoms with Gasteiger partial charge in [-0.25, -0.2) is 4.98 Å². The predicted molar refractivity (Wildman–Crippen MR) is 109 cm³/mol. The molecule has 144 valence electrons. The van der Waals surface area contributed by atoms with Crippen molar-refractivity contribution in [3.05, 3.63) is 68.0 Å². The highest BCUT2D eigenvalue weighted by Crippen LogP contribution is 2.27. The van der Waals surface area contributed by atoms with Gasteiger partial charge < -0.3 is 4.74 Å². The van der Waals surface area contributed by atoms with Gasteiger partial charge >= 0.3 is 0 Å². The number of nitrogens with zero attached hydrogens (tertiary/aromatic N) is 2. The number of aryl methyl sites for hydroxylation is 2. The lowest BCUT2D eigenvalue weighted by atomic mass is 10.1. The normalized spacial score (nSPS) is 10.5. The van der Waals surface area contributed by atoms with Crippen LogP contribution in [0.4, 0.5) is 10.8 Å². The number of ether oxygens (including phenoxy) is 1. The van der Waals surface area contributed by atoms with Gasteiger partial charge in [-0.05, 0) is 49.2 Å². The molecule has 0 atom stereocenters. The lowest BCUT2D eigenvalue weighted by Crippen LogP contribution is -2.20. The Kier molecular flexibility index (Phi) is 5.91. The number of benzene rings is 2. The highest BCUT2D eigenvalue weighted by atomic mass is 35.5. The molecule has 1 amide bonds. The van der Waals surface area contributed by atoms with Crippen molar-refractivity contribution >= 4 is 39.7 Å². The Bertz CT molecular complexity index is 1010. The molecule has 0 unspecified atom stereocenters. The first-order valence-electron chi connectivity index (χ1n) is 8.23. The van der Waals surface area contributed by atoms with Gasteiger partial charge in [0.05, 0.1) is 10.6 Å². The first kappa shape index (κ1) is 19.8. The van der Waals surface area contributed by atoms with Crippen LogP contribution < -0.4 is 10.1 Å². The molecule has 9 heteroatoms. The lowest BCUT2D eigenvalue weighted by Gasteiger charge is -2.09. The first-order chi connectivity index (χ1) is 13.3. The molecule has 0 saturated carbocycles. The van der Waals surface area contributed by atoms with E-state index >= 15 is 0 Å². The summed E-state index contributed by atoms with van der Waals surface area (Å²) in [6, 6.07) is 9.62. The van der Waals surface area contributed by atoms with E-state index in [2.05, 4.69) is 10.3 Å². The van der Waals surface area contributed by atoms with Gasteiger partial charge in [-0.15, -0.1) is 11.3 Å². The van der Waals surface area contributed by atoms with Crippen molar-refractivity contribution in [3.8, 4) is 17.0 Å². The van der Waals surface area contributed by atoms with Crippen LogP contribution in [0.5, 0.6) is 5.75 Å². The Balaban J connectivity index is 1.60. The number of amides is 1. The van der Waals surface area contributed by atoms with Crippen molar-refractivity contribution < 1.29 is 14.5 Å². The summed E-state index contributed by atoms with van der Waals surface area (Å²) in [6.45, 7) is 3.59. The summed E-state index contributed by atoms with van der Waals surface area (Å²) >= 11 is 7.38. The van der Waals surface area contributed by atoms with Crippen LogP contribution in [-0.4, -0.2) is 22.4 Å². The zero-order valence-corrected chi connectivity index (χ0v) is 16.6. The van der Waals surface area contributed by atoms with Gasteiger partial charge in [0.2, 0.25) is 0 Å². The van der Waals surface area contributed by atoms with Crippen LogP contribution in [0.25, 0.3) is 11.3 Å². The third-order valence-electron chi connectivity index (χ3n) is 3.90. The zero-order valence-electron chi connectivity index (χ0n) is 15.1. The molecule has 0 aliphatic rings. The quantitative estimate of drug-likeness (QED) is 0.449. The lowest BCUT2D eigenvalue weighted by molar-refractivity contribution is -0.384. The molecule has 0 saturated heterocycles. The molecule has 0 bridgehead atoms. The number of anilines is 1. The highest BCUT2D eigenvalue weighted by molar-refractivity contribution is 7.14. The second-order valence-electron chi connectivity index (χ2n) is 6.05. The summed E-state index contributed by atoms with van der Waals surface area (Å²) in [6.07, 6.45) is 0. The number of thiazole rings is 1. The van der Waals surface area contributed by atoms with E-state index in [0.29, 0.717) is 21.6 Å². The van der Waals surface area contributed by atoms with Crippen molar-refractivity contribution in [2.75, 3.05) is 11.9 Å². The van der Waals surface area contributed by atoms with Crippen molar-refractivity contribution in [2.45, 2.75) is 13.8 Å². The van der Waals surface area contributed by atoms with Gasteiger partial charge in [0.15, 0.2) is 11.7 Å². The van der Waals surface area contributed by atoms with Crippen molar-refractivity contribution in [2.24, 2.45) is 0 Å². The largest absolute Gasteiger partial charge is 0.484 e. The number of nitro benzene ring substituents is 1. The third kappa shape index (κ3) is 4.65. The second kappa shape index (κ2) is 8.37. The predicted octanol–water partition coefficient (Wildman–Crippen LogP) is 5.01. The fourth-order valence-electron chi connectivity index (χ4n) is 2.51. The van der Waals surface area contributed by atoms with Crippen LogP contribution in [0.3, 0.4) is 0 Å². The molecule has 3 rings (SSSR count). The number of carbonyl (C=O) groups is 1. The Morgan fingerprint density at radius 2 is 1.89 bits per heavy atom. The highest BCUT2D eigenvalue weighted by Gasteiger charge is 2.11. The van der Waals surface area contributed by atoms with E-state index < -0.39 is 4.92 Å². The minimum Gasteiger partial charge on any atom is -0.484 e. The zero-order chi connectivity index (χ0) is 20.3. The molecule has 0 fully saturated rings. The summed E-state index contributed by atoms with van der Waals surface area (Å²) in [4.78, 5) is 26.7. The van der Waals surface area contributed by atoms with Crippen LogP contribution in [0.1, 0.15) is 11.1 Å². The third-order valence-corrected chi connectivity index (χ3v) is 5.26. The summed E-state index contributed by atoms with van der Waals surface area (Å²) in [5, 5.41) is 16.3. The van der Waals surface area contributed by atoms with Crippen molar-refractivity contribution in [1.82, 2.24) is 4.98 Å². The fraction of sp³-hybridized carbons (Fsp3) is 0.158. The summed E-state index contributed by atoms with van der Waals surface area (Å²) in [5.74, 6) is 0.232. The number of hydrogen-bond donors (Lipinski definition) is 1. The number of non-ortho nitro benzene ring substituents is 1. The van der Waals surface area contributed by atoms with Crippen LogP contribution >= 0.6 is 22.9 Å². The Morgan fingerprint density at radius 3 is 2.50 bits per heavy atom. The maximum absolute atomic E-state index is 12.1. The van der Waals surface area contributed by atoms with Crippen LogP contribution in [0.15, 0.2) is 41.8 Å². The van der Waals surface area contributed by atoms with Crippen molar-refractivity contribution in [3.63, 3.8) is 0 Å². The van der Waals surface area contributed by atoms with Gasteiger partial charge in [-0.2, -0.15) is 0 Å². The standard InChI is InChI=1S/C19H16ClN3O4S/c1-11-7-15(8-12(2)18(11)20)27-9-17(24)22-19-21-16(10-28-19)13-3-5-14(6-4-13)23(25)26/h3-8,10H,9H2,1-2H3,(H,21,22,24). The number of hydrogen-bond acceptors (Lipinski definition) is 6. The van der Waals surface area contributed by atoms with Gasteiger partial charge in [-0.1, -0.05) is 11.6 Å². The van der Waals surface area contributed by atoms with Gasteiger partial charge in [0.1, 0.15) is 5.75 Å². The topological polar surface area (TPSA) is 94.4 Å². The molecular weight excluding hydrogens is 402 g/mol. The van der Waals surface area contributed by atoms with E-state index in [-0.39, 0.29) is 18.2 Å². The minimum atomic E-state index is -0.458. The van der Waals surface area contributed by atoms with Crippen molar-refractivity contribution in [1.29, 1.82) is 0 Å². The maximum atomic E-state index is 12.1. The molecular formula is C19H16ClN3O4S. The van der Waals surface area contributed by atoms with E-state index in [1.807, 2.05) is 13.8 Å². The SMILES string of the molecule is Cc1cc(OCC(=O)Nc2nc(-c3ccc([N+](=O)[O-])cc3)cs2)cc(C)c1Cl. The number of rotatable bonds is 6. The van der Waals surface area contributed by atoms with E-state index in [1.54, 1.807) is 29.6 Å². The van der Waals surface area contributed by atoms with Gasteiger partial charge in [0.25, 0.3) is 11.6 Å². The van der Waals surface area contributed by atoms with E-state index in [4.69, 9.17) is 16.3 Å². The van der Waals surface area contributed by atoms with Gasteiger partial charge in [-0.3, -0.25) is 20.2 Å². The molecule has 0 spiro atoms. The maximum Gasteiger partial charge on any atom is 0.269 e. The summed E-state index contributed by atoms with van der Waals surface area (Å²) in [7, 11) is 0. The van der Waals surface area contributed by atoms with E-state index in [9.17, 15) is 14.9 Å². The molecule has 1 heterocycles. The van der Waals surface area contributed by atoms with Crippen LogP contribution in [0, 0.1) is 24.0 Å². The van der Waals surface area contributed by atoms with E-state index in [1.165, 1.54) is 23.5 Å². The minimum absolute atomic E-state index is 0.0114. The average Bonchev–Trinajstić information content (AvgIpc) is 3.12. The Hall–Kier alpha value is -2.97. The molecule has 2 aromatic carbocycles. The van der Waals surface area contributed by atoms with Crippen LogP contribution in [0.2, 0.25) is 5.02 Å². The molecule has 1 aromatic heterocycles. The molecule has 0 aliphatic carbocycles. The summed E-state index contributed by atoms with van der Waals surface area (Å²) in [5.41, 5.74) is 3.12. The number of nitrogens with one attached hydrogen (secondary N) is 1. The molecule has 28 heavy (non-hydrogen) atoms. The Labute approximate surface area is 170 Å². The second-order valence-corrected chi connectivity index (χ2v) is 7.29. The number of carbonyl (C=O) groups excluding carboxylic acids is 1. The monoisotopic (exact) mass is 417 g/mol. The average molecular weight is 418 g/mol. The fourth-order valence-corrected chi connectivity index (χ4v) is 3.36. The van der Waals surface area contributed by atoms with Crippen LogP contribution in [-0.2, 0) is 4.79 Å². The number of halogens is 1. The molecule has 0 radical (unpaired) electrons. The number of aromatic nitrogens is 1. The summed E-state index contributed by atoms with van der Waals surface area (Å²) < 4.78 is 5.53. The van der Waals surface area contributed by atoms with Gasteiger partial charge in [0, 0.05) is 28.1 Å². The molecule has 3 aromatic rings. The molecule has 7 nitrogen and oxygen atoms in total. The molecule has 1 N–H and O–H groups in total. The Morgan fingerprint density at radius 1 is 1.25 bits per heavy atom. The first-order valence-corrected chi connectivity index (χ1v) is 9.49.